The number of nitrogens with one attached hydrogen (secondary N) is 1. The topological polar surface area (TPSA) is 64.4 Å². The summed E-state index contributed by atoms with van der Waals surface area (Å²) in [5.74, 6) is 0.503. The van der Waals surface area contributed by atoms with E-state index in [0.29, 0.717) is 5.75 Å². The van der Waals surface area contributed by atoms with Gasteiger partial charge in [-0.15, -0.1) is 0 Å². The van der Waals surface area contributed by atoms with E-state index < -0.39 is 4.92 Å². The summed E-state index contributed by atoms with van der Waals surface area (Å²) >= 11 is 1.87. The highest BCUT2D eigenvalue weighted by atomic mass is 32.2. The Morgan fingerprint density at radius 3 is 2.68 bits per heavy atom. The van der Waals surface area contributed by atoms with E-state index in [1.807, 2.05) is 11.8 Å². The quantitative estimate of drug-likeness (QED) is 0.640. The van der Waals surface area contributed by atoms with Crippen molar-refractivity contribution in [2.24, 2.45) is 0 Å². The minimum Gasteiger partial charge on any atom is -0.496 e. The average molecular weight is 282 g/mol. The summed E-state index contributed by atoms with van der Waals surface area (Å²) in [6, 6.07) is 4.77. The molecule has 0 bridgehead atoms. The first-order valence-corrected chi connectivity index (χ1v) is 7.43. The maximum Gasteiger partial charge on any atom is 0.275 e. The number of hydrogen-bond acceptors (Lipinski definition) is 5. The van der Waals surface area contributed by atoms with Gasteiger partial charge in [-0.1, -0.05) is 6.42 Å². The third-order valence-corrected chi connectivity index (χ3v) is 5.07. The zero-order chi connectivity index (χ0) is 13.9. The van der Waals surface area contributed by atoms with Crippen molar-refractivity contribution < 1.29 is 9.66 Å². The summed E-state index contributed by atoms with van der Waals surface area (Å²) in [4.78, 5) is 10.5. The van der Waals surface area contributed by atoms with E-state index in [1.54, 1.807) is 12.1 Å². The molecule has 0 heterocycles. The van der Waals surface area contributed by atoms with E-state index in [-0.39, 0.29) is 10.4 Å². The van der Waals surface area contributed by atoms with Crippen LogP contribution in [-0.2, 0) is 0 Å². The van der Waals surface area contributed by atoms with Crippen molar-refractivity contribution in [2.75, 3.05) is 25.2 Å². The molecule has 0 saturated heterocycles. The number of anilines is 1. The molecule has 5 nitrogen and oxygen atoms in total. The minimum absolute atomic E-state index is 0.0497. The molecule has 0 amide bonds. The lowest BCUT2D eigenvalue weighted by molar-refractivity contribution is -0.384. The predicted molar refractivity (Wildman–Crippen MR) is 78.2 cm³/mol. The normalized spacial score (nSPS) is 16.5. The molecule has 0 aliphatic heterocycles. The smallest absolute Gasteiger partial charge is 0.275 e. The van der Waals surface area contributed by atoms with Crippen molar-refractivity contribution >= 4 is 23.1 Å². The van der Waals surface area contributed by atoms with Gasteiger partial charge < -0.3 is 10.1 Å². The van der Waals surface area contributed by atoms with E-state index in [2.05, 4.69) is 11.6 Å². The Kier molecular flexibility index (Phi) is 4.19. The first-order chi connectivity index (χ1) is 9.08. The van der Waals surface area contributed by atoms with Crippen molar-refractivity contribution in [2.45, 2.75) is 24.0 Å². The minimum atomic E-state index is -0.401. The van der Waals surface area contributed by atoms with Gasteiger partial charge in [-0.3, -0.25) is 10.1 Å². The molecule has 1 aliphatic rings. The van der Waals surface area contributed by atoms with Crippen LogP contribution in [0.25, 0.3) is 0 Å². The van der Waals surface area contributed by atoms with Crippen molar-refractivity contribution in [3.8, 4) is 5.75 Å². The zero-order valence-electron chi connectivity index (χ0n) is 11.1. The molecule has 1 aliphatic carbocycles. The number of rotatable bonds is 6. The van der Waals surface area contributed by atoms with Crippen LogP contribution in [0.2, 0.25) is 0 Å². The molecule has 1 aromatic carbocycles. The van der Waals surface area contributed by atoms with Gasteiger partial charge in [-0.05, 0) is 19.1 Å². The fraction of sp³-hybridized carbons (Fsp3) is 0.538. The number of hydrogen-bond donors (Lipinski definition) is 1. The van der Waals surface area contributed by atoms with Gasteiger partial charge in [0.1, 0.15) is 5.75 Å². The Balaban J connectivity index is 2.11. The highest BCUT2D eigenvalue weighted by Gasteiger charge is 2.35. The largest absolute Gasteiger partial charge is 0.496 e. The lowest BCUT2D eigenvalue weighted by Gasteiger charge is -2.40. The highest BCUT2D eigenvalue weighted by molar-refractivity contribution is 8.00. The van der Waals surface area contributed by atoms with Gasteiger partial charge in [0.05, 0.1) is 18.1 Å². The Morgan fingerprint density at radius 2 is 2.21 bits per heavy atom. The van der Waals surface area contributed by atoms with Crippen molar-refractivity contribution in [3.05, 3.63) is 28.3 Å². The van der Waals surface area contributed by atoms with Gasteiger partial charge in [0.15, 0.2) is 0 Å². The van der Waals surface area contributed by atoms with E-state index in [4.69, 9.17) is 4.74 Å². The molecule has 19 heavy (non-hydrogen) atoms. The summed E-state index contributed by atoms with van der Waals surface area (Å²) < 4.78 is 5.38. The molecular weight excluding hydrogens is 264 g/mol. The number of non-ortho nitro benzene ring substituents is 1. The van der Waals surface area contributed by atoms with Crippen LogP contribution < -0.4 is 10.1 Å². The fourth-order valence-corrected chi connectivity index (χ4v) is 3.11. The molecule has 2 rings (SSSR count). The summed E-state index contributed by atoms with van der Waals surface area (Å²) in [5, 5.41) is 14.2. The van der Waals surface area contributed by atoms with Gasteiger partial charge >= 0.3 is 0 Å². The third kappa shape index (κ3) is 3.12. The van der Waals surface area contributed by atoms with Crippen LogP contribution in [0.5, 0.6) is 5.75 Å². The Bertz CT molecular complexity index is 469. The monoisotopic (exact) mass is 282 g/mol. The van der Waals surface area contributed by atoms with E-state index >= 15 is 0 Å². The molecule has 0 unspecified atom stereocenters. The third-order valence-electron chi connectivity index (χ3n) is 3.65. The number of methoxy groups -OCH3 is 1. The van der Waals surface area contributed by atoms with Gasteiger partial charge in [0.2, 0.25) is 0 Å². The van der Waals surface area contributed by atoms with Gasteiger partial charge in [-0.25, -0.2) is 0 Å². The summed E-state index contributed by atoms with van der Waals surface area (Å²) in [6.45, 7) is 0.832. The summed E-state index contributed by atoms with van der Waals surface area (Å²) in [7, 11) is 1.51. The molecule has 104 valence electrons. The van der Waals surface area contributed by atoms with E-state index in [1.165, 1.54) is 32.4 Å². The van der Waals surface area contributed by atoms with Crippen molar-refractivity contribution in [3.63, 3.8) is 0 Å². The first-order valence-electron chi connectivity index (χ1n) is 6.21. The number of nitrogens with zero attached hydrogens (tertiary/aromatic N) is 1. The van der Waals surface area contributed by atoms with Crippen LogP contribution in [-0.4, -0.2) is 29.6 Å². The lowest BCUT2D eigenvalue weighted by atomic mass is 9.84. The van der Waals surface area contributed by atoms with Crippen LogP contribution in [0, 0.1) is 10.1 Å². The molecule has 0 aromatic heterocycles. The lowest BCUT2D eigenvalue weighted by Crippen LogP contribution is -2.40. The predicted octanol–water partition coefficient (Wildman–Crippen LogP) is 3.30. The first kappa shape index (κ1) is 14.0. The molecule has 1 saturated carbocycles. The van der Waals surface area contributed by atoms with Gasteiger partial charge in [0, 0.05) is 29.1 Å². The van der Waals surface area contributed by atoms with Gasteiger partial charge in [0.25, 0.3) is 5.69 Å². The number of ether oxygens (including phenoxy) is 1. The standard InChI is InChI=1S/C13H18N2O3S/c1-18-12-7-10(6-11(8-12)15(16)17)14-9-13(19-2)4-3-5-13/h6-8,14H,3-5,9H2,1-2H3. The molecular formula is C13H18N2O3S. The number of nitro benzene ring substituents is 1. The Hall–Kier alpha value is -1.43. The molecule has 1 fully saturated rings. The van der Waals surface area contributed by atoms with Crippen molar-refractivity contribution in [1.29, 1.82) is 0 Å². The van der Waals surface area contributed by atoms with Crippen LogP contribution >= 0.6 is 11.8 Å². The molecule has 0 radical (unpaired) electrons. The number of benzene rings is 1. The van der Waals surface area contributed by atoms with Crippen LogP contribution in [0.4, 0.5) is 11.4 Å². The molecule has 6 heteroatoms. The second kappa shape index (κ2) is 5.69. The SMILES string of the molecule is COc1cc(NCC2(SC)CCC2)cc([N+](=O)[O-])c1. The number of nitro groups is 1. The maximum atomic E-state index is 10.9. The average Bonchev–Trinajstić information content (AvgIpc) is 2.37. The molecule has 1 N–H and O–H groups in total. The maximum absolute atomic E-state index is 10.9. The van der Waals surface area contributed by atoms with E-state index in [9.17, 15) is 10.1 Å². The van der Waals surface area contributed by atoms with Crippen molar-refractivity contribution in [1.82, 2.24) is 0 Å². The Morgan fingerprint density at radius 1 is 1.47 bits per heavy atom. The number of thioether (sulfide) groups is 1. The second-order valence-electron chi connectivity index (χ2n) is 4.77. The second-order valence-corrected chi connectivity index (χ2v) is 6.05. The van der Waals surface area contributed by atoms with Crippen LogP contribution in [0.3, 0.4) is 0 Å². The molecule has 0 atom stereocenters. The van der Waals surface area contributed by atoms with Crippen LogP contribution in [0.15, 0.2) is 18.2 Å². The van der Waals surface area contributed by atoms with Crippen LogP contribution in [0.1, 0.15) is 19.3 Å². The molecule has 0 spiro atoms. The molecule has 1 aromatic rings. The summed E-state index contributed by atoms with van der Waals surface area (Å²) in [5.41, 5.74) is 0.792. The van der Waals surface area contributed by atoms with E-state index in [0.717, 1.165) is 12.2 Å². The summed E-state index contributed by atoms with van der Waals surface area (Å²) in [6.07, 6.45) is 5.79. The Labute approximate surface area is 116 Å². The van der Waals surface area contributed by atoms with Gasteiger partial charge in [-0.2, -0.15) is 11.8 Å². The fourth-order valence-electron chi connectivity index (χ4n) is 2.20. The zero-order valence-corrected chi connectivity index (χ0v) is 12.0. The highest BCUT2D eigenvalue weighted by Crippen LogP contribution is 2.43.